The molecule has 0 aromatic carbocycles. The van der Waals surface area contributed by atoms with Gasteiger partial charge in [-0.1, -0.05) is 6.92 Å². The summed E-state index contributed by atoms with van der Waals surface area (Å²) < 4.78 is 26.3. The van der Waals surface area contributed by atoms with Crippen molar-refractivity contribution in [2.45, 2.75) is 24.5 Å². The average Bonchev–Trinajstić information content (AvgIpc) is 2.75. The van der Waals surface area contributed by atoms with Crippen molar-refractivity contribution in [3.8, 4) is 6.07 Å². The largest absolute Gasteiger partial charge is 0.250 e. The summed E-state index contributed by atoms with van der Waals surface area (Å²) in [7, 11) is -3.44. The molecule has 1 aromatic heterocycles. The molecule has 0 aliphatic carbocycles. The summed E-state index contributed by atoms with van der Waals surface area (Å²) in [5, 5.41) is 8.56. The van der Waals surface area contributed by atoms with Crippen LogP contribution < -0.4 is 4.72 Å². The number of aryl methyl sites for hydroxylation is 1. The molecule has 1 unspecified atom stereocenters. The number of sulfonamides is 1. The van der Waals surface area contributed by atoms with Crippen LogP contribution in [0.4, 0.5) is 0 Å². The van der Waals surface area contributed by atoms with Crippen molar-refractivity contribution < 1.29 is 8.42 Å². The molecule has 0 aliphatic rings. The maximum absolute atomic E-state index is 11.8. The van der Waals surface area contributed by atoms with Crippen LogP contribution in [0.1, 0.15) is 18.7 Å². The van der Waals surface area contributed by atoms with E-state index in [4.69, 9.17) is 5.26 Å². The molecule has 1 heterocycles. The number of hydrogen-bond donors (Lipinski definition) is 1. The van der Waals surface area contributed by atoms with E-state index < -0.39 is 10.0 Å². The molecule has 0 radical (unpaired) electrons. The molecule has 4 nitrogen and oxygen atoms in total. The molecule has 0 aliphatic heterocycles. The summed E-state index contributed by atoms with van der Waals surface area (Å²) in [4.78, 5) is 1.04. The van der Waals surface area contributed by atoms with Gasteiger partial charge in [0.1, 0.15) is 4.21 Å². The van der Waals surface area contributed by atoms with Gasteiger partial charge in [0.25, 0.3) is 0 Å². The zero-order valence-corrected chi connectivity index (χ0v) is 10.9. The Morgan fingerprint density at radius 1 is 1.56 bits per heavy atom. The quantitative estimate of drug-likeness (QED) is 0.874. The summed E-state index contributed by atoms with van der Waals surface area (Å²) in [6.45, 7) is 3.81. The van der Waals surface area contributed by atoms with E-state index in [1.807, 2.05) is 19.1 Å². The number of nitrogens with zero attached hydrogens (tertiary/aromatic N) is 1. The fourth-order valence-electron chi connectivity index (χ4n) is 1.04. The van der Waals surface area contributed by atoms with Gasteiger partial charge in [-0.3, -0.25) is 0 Å². The van der Waals surface area contributed by atoms with Gasteiger partial charge in [-0.05, 0) is 25.5 Å². The molecular formula is C10H14N2O2S2. The lowest BCUT2D eigenvalue weighted by atomic mass is 10.2. The Bertz CT molecular complexity index is 485. The zero-order valence-electron chi connectivity index (χ0n) is 9.23. The second-order valence-corrected chi connectivity index (χ2v) is 6.62. The minimum absolute atomic E-state index is 0.151. The van der Waals surface area contributed by atoms with Crippen molar-refractivity contribution >= 4 is 21.4 Å². The SMILES string of the molecule is CCc1ccc(S(=O)(=O)NCC(C)C#N)s1. The number of thiophene rings is 1. The maximum Gasteiger partial charge on any atom is 0.250 e. The second kappa shape index (κ2) is 5.43. The van der Waals surface area contributed by atoms with E-state index >= 15 is 0 Å². The molecule has 1 N–H and O–H groups in total. The van der Waals surface area contributed by atoms with Crippen LogP contribution in [0.2, 0.25) is 0 Å². The standard InChI is InChI=1S/C10H14N2O2S2/c1-3-9-4-5-10(15-9)16(13,14)12-7-8(2)6-11/h4-5,8,12H,3,7H2,1-2H3. The van der Waals surface area contributed by atoms with Gasteiger partial charge >= 0.3 is 0 Å². The highest BCUT2D eigenvalue weighted by Crippen LogP contribution is 2.21. The first-order valence-electron chi connectivity index (χ1n) is 4.97. The van der Waals surface area contributed by atoms with Crippen LogP contribution in [0.3, 0.4) is 0 Å². The number of nitrogens with one attached hydrogen (secondary N) is 1. The van der Waals surface area contributed by atoms with Gasteiger partial charge in [0.2, 0.25) is 10.0 Å². The van der Waals surface area contributed by atoms with Gasteiger partial charge in [0.05, 0.1) is 12.0 Å². The first kappa shape index (κ1) is 13.2. The van der Waals surface area contributed by atoms with Crippen LogP contribution in [0, 0.1) is 17.2 Å². The molecule has 0 spiro atoms. The highest BCUT2D eigenvalue weighted by atomic mass is 32.2. The van der Waals surface area contributed by atoms with Crippen molar-refractivity contribution in [2.24, 2.45) is 5.92 Å². The molecule has 6 heteroatoms. The van der Waals surface area contributed by atoms with Gasteiger partial charge in [0, 0.05) is 11.4 Å². The smallest absolute Gasteiger partial charge is 0.209 e. The van der Waals surface area contributed by atoms with Crippen molar-refractivity contribution in [1.82, 2.24) is 4.72 Å². The predicted molar refractivity (Wildman–Crippen MR) is 63.7 cm³/mol. The molecule has 1 atom stereocenters. The lowest BCUT2D eigenvalue weighted by Gasteiger charge is -2.05. The Hall–Kier alpha value is -0.900. The van der Waals surface area contributed by atoms with Crippen LogP contribution in [-0.4, -0.2) is 15.0 Å². The minimum atomic E-state index is -3.44. The Balaban J connectivity index is 2.75. The Morgan fingerprint density at radius 2 is 2.25 bits per heavy atom. The van der Waals surface area contributed by atoms with Crippen molar-refractivity contribution in [3.05, 3.63) is 17.0 Å². The number of rotatable bonds is 5. The molecule has 0 amide bonds. The van der Waals surface area contributed by atoms with E-state index in [9.17, 15) is 8.42 Å². The first-order valence-corrected chi connectivity index (χ1v) is 7.27. The number of nitriles is 1. The third-order valence-corrected chi connectivity index (χ3v) is 5.20. The summed E-state index contributed by atoms with van der Waals surface area (Å²) >= 11 is 1.27. The molecule has 1 aromatic rings. The lowest BCUT2D eigenvalue weighted by molar-refractivity contribution is 0.575. The topological polar surface area (TPSA) is 70.0 Å². The van der Waals surface area contributed by atoms with E-state index in [1.165, 1.54) is 11.3 Å². The van der Waals surface area contributed by atoms with Gasteiger partial charge in [-0.25, -0.2) is 13.1 Å². The third kappa shape index (κ3) is 3.30. The van der Waals surface area contributed by atoms with Gasteiger partial charge in [-0.15, -0.1) is 11.3 Å². The first-order chi connectivity index (χ1) is 7.49. The van der Waals surface area contributed by atoms with Crippen LogP contribution in [0.25, 0.3) is 0 Å². The van der Waals surface area contributed by atoms with E-state index in [0.717, 1.165) is 11.3 Å². The lowest BCUT2D eigenvalue weighted by Crippen LogP contribution is -2.27. The Labute approximate surface area is 100.0 Å². The highest BCUT2D eigenvalue weighted by Gasteiger charge is 2.17. The normalized spacial score (nSPS) is 13.3. The monoisotopic (exact) mass is 258 g/mol. The summed E-state index contributed by atoms with van der Waals surface area (Å²) in [5.74, 6) is -0.319. The summed E-state index contributed by atoms with van der Waals surface area (Å²) in [5.41, 5.74) is 0. The van der Waals surface area contributed by atoms with E-state index in [1.54, 1.807) is 13.0 Å². The minimum Gasteiger partial charge on any atom is -0.209 e. The average molecular weight is 258 g/mol. The predicted octanol–water partition coefficient (Wildman–Crippen LogP) is 1.75. The van der Waals surface area contributed by atoms with Crippen LogP contribution >= 0.6 is 11.3 Å². The highest BCUT2D eigenvalue weighted by molar-refractivity contribution is 7.91. The van der Waals surface area contributed by atoms with Crippen molar-refractivity contribution in [3.63, 3.8) is 0 Å². The zero-order chi connectivity index (χ0) is 12.2. The van der Waals surface area contributed by atoms with Crippen molar-refractivity contribution in [2.75, 3.05) is 6.54 Å². The number of hydrogen-bond acceptors (Lipinski definition) is 4. The van der Waals surface area contributed by atoms with Crippen molar-refractivity contribution in [1.29, 1.82) is 5.26 Å². The van der Waals surface area contributed by atoms with E-state index in [2.05, 4.69) is 4.72 Å². The fraction of sp³-hybridized carbons (Fsp3) is 0.500. The molecule has 88 valence electrons. The summed E-state index contributed by atoms with van der Waals surface area (Å²) in [6.07, 6.45) is 0.828. The maximum atomic E-state index is 11.8. The van der Waals surface area contributed by atoms with E-state index in [-0.39, 0.29) is 12.5 Å². The van der Waals surface area contributed by atoms with Crippen LogP contribution in [-0.2, 0) is 16.4 Å². The molecule has 0 bridgehead atoms. The van der Waals surface area contributed by atoms with Gasteiger partial charge in [-0.2, -0.15) is 5.26 Å². The molecule has 0 saturated heterocycles. The van der Waals surface area contributed by atoms with Gasteiger partial charge < -0.3 is 0 Å². The molecule has 16 heavy (non-hydrogen) atoms. The Kier molecular flexibility index (Phi) is 4.47. The van der Waals surface area contributed by atoms with Crippen LogP contribution in [0.15, 0.2) is 16.3 Å². The molecule has 1 rings (SSSR count). The molecule has 0 fully saturated rings. The summed E-state index contributed by atoms with van der Waals surface area (Å²) in [6, 6.07) is 5.39. The van der Waals surface area contributed by atoms with E-state index in [0.29, 0.717) is 4.21 Å². The second-order valence-electron chi connectivity index (χ2n) is 3.46. The fourth-order valence-corrected chi connectivity index (χ4v) is 3.51. The molecular weight excluding hydrogens is 244 g/mol. The molecule has 0 saturated carbocycles. The van der Waals surface area contributed by atoms with Crippen LogP contribution in [0.5, 0.6) is 0 Å². The Morgan fingerprint density at radius 3 is 2.75 bits per heavy atom. The third-order valence-electron chi connectivity index (χ3n) is 2.05. The van der Waals surface area contributed by atoms with Gasteiger partial charge in [0.15, 0.2) is 0 Å².